The molecule has 1 aromatic heterocycles. The maximum Gasteiger partial charge on any atom is 0.0583 e. The van der Waals surface area contributed by atoms with Gasteiger partial charge in [0.15, 0.2) is 0 Å². The van der Waals surface area contributed by atoms with E-state index < -0.39 is 10.8 Å². The number of nitrogens with zero attached hydrogens (tertiary/aromatic N) is 4. The van der Waals surface area contributed by atoms with Crippen molar-refractivity contribution < 1.29 is 0 Å². The highest BCUT2D eigenvalue weighted by atomic mass is 15.2. The number of rotatable bonds is 9. The van der Waals surface area contributed by atoms with Gasteiger partial charge in [-0.3, -0.25) is 0 Å². The van der Waals surface area contributed by atoms with Crippen LogP contribution < -0.4 is 14.7 Å². The lowest BCUT2D eigenvalue weighted by Crippen LogP contribution is -2.34. The van der Waals surface area contributed by atoms with Crippen molar-refractivity contribution >= 4 is 73.0 Å². The van der Waals surface area contributed by atoms with Crippen LogP contribution in [0.25, 0.3) is 27.5 Å². The monoisotopic (exact) mass is 908 g/mol. The molecule has 10 aromatic rings. The average Bonchev–Trinajstić information content (AvgIpc) is 3.64. The Bertz CT molecular complexity index is 3470. The zero-order valence-electron chi connectivity index (χ0n) is 42.1. The summed E-state index contributed by atoms with van der Waals surface area (Å²) in [6.07, 6.45) is 0. The summed E-state index contributed by atoms with van der Waals surface area (Å²) in [7, 11) is 0. The first-order valence-corrected chi connectivity index (χ1v) is 24.8. The second kappa shape index (κ2) is 15.9. The molecule has 0 N–H and O–H groups in total. The van der Waals surface area contributed by atoms with Crippen LogP contribution in [0.2, 0.25) is 0 Å². The number of hydrogen-bond donors (Lipinski definition) is 0. The van der Waals surface area contributed by atoms with Crippen molar-refractivity contribution in [3.8, 4) is 5.69 Å². The Hall–Kier alpha value is -7.82. The minimum atomic E-state index is -0.403. The van der Waals surface area contributed by atoms with Gasteiger partial charge in [0, 0.05) is 72.8 Å². The third kappa shape index (κ3) is 6.79. The van der Waals surface area contributed by atoms with E-state index in [0.717, 1.165) is 51.2 Å². The van der Waals surface area contributed by atoms with Gasteiger partial charge in [0.1, 0.15) is 0 Å². The molecule has 2 aliphatic rings. The number of fused-ring (bicyclic) bond motifs is 1. The number of benzene rings is 9. The first-order chi connectivity index (χ1) is 33.6. The maximum absolute atomic E-state index is 2.67. The molecule has 12 rings (SSSR count). The smallest absolute Gasteiger partial charge is 0.0583 e. The minimum Gasteiger partial charge on any atom is -0.310 e. The molecule has 70 heavy (non-hydrogen) atoms. The maximum atomic E-state index is 2.67. The molecule has 0 spiro atoms. The molecule has 9 aromatic carbocycles. The fourth-order valence-electron chi connectivity index (χ4n) is 12.2. The molecule has 4 heteroatoms. The Labute approximate surface area is 413 Å². The van der Waals surface area contributed by atoms with Gasteiger partial charge in [-0.15, -0.1) is 0 Å². The molecular weight excluding hydrogens is 849 g/mol. The molecule has 0 fully saturated rings. The Balaban J connectivity index is 1.23. The van der Waals surface area contributed by atoms with Gasteiger partial charge in [-0.05, 0) is 206 Å². The highest BCUT2D eigenvalue weighted by Gasteiger charge is 2.45. The lowest BCUT2D eigenvalue weighted by molar-refractivity contribution is 0.594. The second-order valence-electron chi connectivity index (χ2n) is 21.3. The minimum absolute atomic E-state index is 0.403. The van der Waals surface area contributed by atoms with E-state index in [1.54, 1.807) is 0 Å². The number of anilines is 9. The summed E-state index contributed by atoms with van der Waals surface area (Å²) in [6, 6.07) is 68.6. The van der Waals surface area contributed by atoms with Crippen LogP contribution in [-0.4, -0.2) is 4.57 Å². The molecule has 0 amide bonds. The molecule has 0 atom stereocenters. The van der Waals surface area contributed by atoms with Crippen molar-refractivity contribution in [1.82, 2.24) is 4.57 Å². The van der Waals surface area contributed by atoms with Crippen LogP contribution in [0.5, 0.6) is 0 Å². The van der Waals surface area contributed by atoms with E-state index in [0.29, 0.717) is 0 Å². The van der Waals surface area contributed by atoms with E-state index in [9.17, 15) is 0 Å². The normalized spacial score (nSPS) is 13.8. The average molecular weight is 909 g/mol. The summed E-state index contributed by atoms with van der Waals surface area (Å²) in [5.74, 6) is 0. The summed E-state index contributed by atoms with van der Waals surface area (Å²) >= 11 is 0. The van der Waals surface area contributed by atoms with Crippen LogP contribution in [0.4, 0.5) is 51.2 Å². The van der Waals surface area contributed by atoms with Crippen molar-refractivity contribution in [2.24, 2.45) is 0 Å². The lowest BCUT2D eigenvalue weighted by atomic mass is 9.68. The molecule has 4 nitrogen and oxygen atoms in total. The van der Waals surface area contributed by atoms with Gasteiger partial charge in [0.25, 0.3) is 0 Å². The van der Waals surface area contributed by atoms with Crippen LogP contribution in [0.1, 0.15) is 83.3 Å². The molecule has 344 valence electrons. The van der Waals surface area contributed by atoms with Crippen LogP contribution in [0.3, 0.4) is 0 Å². The van der Waals surface area contributed by atoms with Gasteiger partial charge < -0.3 is 19.3 Å². The molecule has 0 unspecified atom stereocenters. The predicted molar refractivity (Wildman–Crippen MR) is 298 cm³/mol. The first kappa shape index (κ1) is 43.5. The second-order valence-corrected chi connectivity index (χ2v) is 21.3. The molecule has 0 saturated carbocycles. The van der Waals surface area contributed by atoms with E-state index in [-0.39, 0.29) is 0 Å². The number of aryl methyl sites for hydroxylation is 6. The van der Waals surface area contributed by atoms with Gasteiger partial charge in [0.2, 0.25) is 0 Å². The fraction of sp³-hybridized carbons (Fsp3) is 0.182. The van der Waals surface area contributed by atoms with Crippen LogP contribution in [0.15, 0.2) is 182 Å². The van der Waals surface area contributed by atoms with Crippen molar-refractivity contribution in [2.75, 3.05) is 14.7 Å². The SMILES string of the molecule is Cc1cc(C)cc(N(c2ccccc2)c2cc3c4c(c2)C(C)(C)c2cc(N(c5ccccc5)c5cc(C)cc(C)c5)cc5c6cc(N(c7ccccc7)c7cc(C)cc(C)c7)cc(c6n-4c25)C3(C)C)c1. The van der Waals surface area contributed by atoms with Crippen molar-refractivity contribution in [3.05, 3.63) is 238 Å². The van der Waals surface area contributed by atoms with E-state index >= 15 is 0 Å². The zero-order chi connectivity index (χ0) is 48.4. The van der Waals surface area contributed by atoms with Crippen LogP contribution in [-0.2, 0) is 10.8 Å². The standard InChI is InChI=1S/C66H60N4/c1-41-26-42(2)30-50(29-41)67(47-20-14-11-15-21-47)53-35-56-57-36-54(68(48-22-16-12-17-23-48)51-31-43(3)27-44(4)32-51)38-59-63(57)70-62(56)58(37-53)65(7,8)60-39-55(40-61(64(60)70)66(59,9)10)69(49-24-18-13-19-25-49)52-33-45(5)28-46(6)34-52/h11-40H,1-10H3. The number of hydrogen-bond acceptors (Lipinski definition) is 3. The first-order valence-electron chi connectivity index (χ1n) is 24.8. The quantitative estimate of drug-likeness (QED) is 0.143. The molecule has 2 aliphatic heterocycles. The van der Waals surface area contributed by atoms with E-state index in [1.165, 1.54) is 83.1 Å². The molecule has 0 saturated heterocycles. The Kier molecular flexibility index (Phi) is 9.85. The van der Waals surface area contributed by atoms with Crippen molar-refractivity contribution in [3.63, 3.8) is 0 Å². The summed E-state index contributed by atoms with van der Waals surface area (Å²) in [6.45, 7) is 23.1. The molecular formula is C66H60N4. The fourth-order valence-corrected chi connectivity index (χ4v) is 12.2. The van der Waals surface area contributed by atoms with E-state index in [1.807, 2.05) is 0 Å². The topological polar surface area (TPSA) is 14.7 Å². The Morgan fingerprint density at radius 3 is 0.843 bits per heavy atom. The zero-order valence-corrected chi connectivity index (χ0v) is 42.1. The van der Waals surface area contributed by atoms with Gasteiger partial charge in [-0.2, -0.15) is 0 Å². The molecule has 0 radical (unpaired) electrons. The highest BCUT2D eigenvalue weighted by Crippen LogP contribution is 2.59. The van der Waals surface area contributed by atoms with Crippen LogP contribution in [0, 0.1) is 41.5 Å². The number of para-hydroxylation sites is 3. The highest BCUT2D eigenvalue weighted by molar-refractivity contribution is 6.16. The third-order valence-corrected chi connectivity index (χ3v) is 15.2. The summed E-state index contributed by atoms with van der Waals surface area (Å²) in [5.41, 5.74) is 26.2. The molecule has 3 heterocycles. The van der Waals surface area contributed by atoms with Gasteiger partial charge in [-0.25, -0.2) is 0 Å². The van der Waals surface area contributed by atoms with Gasteiger partial charge in [0.05, 0.1) is 16.7 Å². The Morgan fingerprint density at radius 1 is 0.286 bits per heavy atom. The van der Waals surface area contributed by atoms with Gasteiger partial charge in [-0.1, -0.05) is 100 Å². The number of aromatic nitrogens is 1. The van der Waals surface area contributed by atoms with Crippen LogP contribution >= 0.6 is 0 Å². The summed E-state index contributed by atoms with van der Waals surface area (Å²) in [5, 5.41) is 2.52. The molecule has 0 bridgehead atoms. The Morgan fingerprint density at radius 2 is 0.543 bits per heavy atom. The predicted octanol–water partition coefficient (Wildman–Crippen LogP) is 18.3. The van der Waals surface area contributed by atoms with Crippen molar-refractivity contribution in [1.29, 1.82) is 0 Å². The lowest BCUT2D eigenvalue weighted by Gasteiger charge is -2.43. The largest absolute Gasteiger partial charge is 0.310 e. The summed E-state index contributed by atoms with van der Waals surface area (Å²) in [4.78, 5) is 7.43. The molecule has 0 aliphatic carbocycles. The third-order valence-electron chi connectivity index (χ3n) is 15.2. The summed E-state index contributed by atoms with van der Waals surface area (Å²) < 4.78 is 2.67. The van der Waals surface area contributed by atoms with E-state index in [4.69, 9.17) is 0 Å². The van der Waals surface area contributed by atoms with Gasteiger partial charge >= 0.3 is 0 Å². The van der Waals surface area contributed by atoms with Crippen molar-refractivity contribution in [2.45, 2.75) is 80.1 Å². The van der Waals surface area contributed by atoms with E-state index in [2.05, 4.69) is 270 Å².